The average Bonchev–Trinajstić information content (AvgIpc) is 2.52. The molecule has 0 aromatic heterocycles. The average molecular weight is 382 g/mol. The fourth-order valence-electron chi connectivity index (χ4n) is 2.08. The number of aliphatic hydroxyl groups excluding tert-OH is 2. The van der Waals surface area contributed by atoms with Gasteiger partial charge in [-0.05, 0) is 19.1 Å². The Hall–Kier alpha value is -1.08. The van der Waals surface area contributed by atoms with Gasteiger partial charge in [-0.3, -0.25) is 0 Å². The van der Waals surface area contributed by atoms with Gasteiger partial charge in [-0.25, -0.2) is 12.6 Å². The number of hydrogen-bond acceptors (Lipinski definition) is 9. The quantitative estimate of drug-likeness (QED) is 0.622. The van der Waals surface area contributed by atoms with E-state index in [0.717, 1.165) is 24.8 Å². The van der Waals surface area contributed by atoms with Gasteiger partial charge in [0.2, 0.25) is 0 Å². The van der Waals surface area contributed by atoms with E-state index in [9.17, 15) is 27.0 Å². The van der Waals surface area contributed by atoms with Crippen molar-refractivity contribution in [3.05, 3.63) is 29.8 Å². The van der Waals surface area contributed by atoms with Crippen LogP contribution >= 0.6 is 0 Å². The van der Waals surface area contributed by atoms with Gasteiger partial charge in [0, 0.05) is 7.11 Å². The van der Waals surface area contributed by atoms with Crippen molar-refractivity contribution >= 4 is 18.0 Å². The molecule has 2 rings (SSSR count). The fourth-order valence-corrected chi connectivity index (χ4v) is 4.99. The lowest BCUT2D eigenvalue weighted by atomic mass is 10.1. The van der Waals surface area contributed by atoms with Crippen molar-refractivity contribution in [2.45, 2.75) is 36.4 Å². The Kier molecular flexibility index (Phi) is 5.64. The van der Waals surface area contributed by atoms with Crippen LogP contribution in [0.2, 0.25) is 0 Å². The molecule has 0 saturated carbocycles. The van der Waals surface area contributed by atoms with Gasteiger partial charge in [0.1, 0.15) is 12.2 Å². The van der Waals surface area contributed by atoms with Crippen LogP contribution in [0.25, 0.3) is 0 Å². The molecule has 0 aliphatic carbocycles. The van der Waals surface area contributed by atoms with E-state index in [1.54, 1.807) is 6.92 Å². The summed E-state index contributed by atoms with van der Waals surface area (Å²) in [6.07, 6.45) is -6.24. The first kappa shape index (κ1) is 19.2. The van der Waals surface area contributed by atoms with E-state index in [2.05, 4.69) is 4.18 Å². The summed E-state index contributed by atoms with van der Waals surface area (Å²) >= 11 is 0. The van der Waals surface area contributed by atoms with Crippen molar-refractivity contribution in [3.8, 4) is 0 Å². The lowest BCUT2D eigenvalue weighted by molar-refractivity contribution is -0.253. The zero-order valence-corrected chi connectivity index (χ0v) is 14.5. The predicted octanol–water partition coefficient (Wildman–Crippen LogP) is -0.877. The predicted molar refractivity (Wildman–Crippen MR) is 80.9 cm³/mol. The highest BCUT2D eigenvalue weighted by atomic mass is 33.2. The van der Waals surface area contributed by atoms with Crippen molar-refractivity contribution in [3.63, 3.8) is 0 Å². The third-order valence-corrected chi connectivity index (χ3v) is 7.74. The Bertz CT molecular complexity index is 768. The van der Waals surface area contributed by atoms with E-state index in [4.69, 9.17) is 9.47 Å². The molecule has 4 atom stereocenters. The Morgan fingerprint density at radius 2 is 1.71 bits per heavy atom. The number of methoxy groups -OCH3 is 1. The Balaban J connectivity index is 2.33. The molecule has 0 unspecified atom stereocenters. The standard InChI is InChI=1S/C13H18O9S2/c1-8-3-5-9(6-4-8)23(16,17)24(18,19)22-12-11(15)10(14)7-21-13(12)20-2/h3-6,10-15H,7H2,1-2H3/t10-,11-,12+,13-/m0/s1. The largest absolute Gasteiger partial charge is 0.388 e. The molecule has 0 amide bonds. The summed E-state index contributed by atoms with van der Waals surface area (Å²) in [5, 5.41) is 19.4. The second-order valence-corrected chi connectivity index (χ2v) is 10.2. The highest BCUT2D eigenvalue weighted by Gasteiger charge is 2.46. The first-order chi connectivity index (χ1) is 11.1. The molecule has 0 radical (unpaired) electrons. The fraction of sp³-hybridized carbons (Fsp3) is 0.538. The summed E-state index contributed by atoms with van der Waals surface area (Å²) in [7, 11) is -8.91. The topological polar surface area (TPSA) is 136 Å². The van der Waals surface area contributed by atoms with E-state index < -0.39 is 47.5 Å². The molecular formula is C13H18O9S2. The van der Waals surface area contributed by atoms with Crippen molar-refractivity contribution in [2.75, 3.05) is 13.7 Å². The Labute approximate surface area is 139 Å². The zero-order valence-electron chi connectivity index (χ0n) is 12.9. The maximum absolute atomic E-state index is 12.3. The monoisotopic (exact) mass is 382 g/mol. The number of benzene rings is 1. The van der Waals surface area contributed by atoms with Crippen LogP contribution in [0.5, 0.6) is 0 Å². The van der Waals surface area contributed by atoms with Crippen molar-refractivity contribution in [1.82, 2.24) is 0 Å². The Morgan fingerprint density at radius 1 is 1.12 bits per heavy atom. The van der Waals surface area contributed by atoms with E-state index in [0.29, 0.717) is 0 Å². The van der Waals surface area contributed by atoms with E-state index in [1.165, 1.54) is 12.1 Å². The van der Waals surface area contributed by atoms with Gasteiger partial charge >= 0.3 is 18.0 Å². The van der Waals surface area contributed by atoms with Gasteiger partial charge in [-0.1, -0.05) is 17.7 Å². The molecule has 136 valence electrons. The van der Waals surface area contributed by atoms with Crippen LogP contribution in [0.4, 0.5) is 0 Å². The van der Waals surface area contributed by atoms with Crippen LogP contribution in [0.1, 0.15) is 5.56 Å². The molecule has 0 spiro atoms. The van der Waals surface area contributed by atoms with Gasteiger partial charge in [-0.15, -0.1) is 0 Å². The van der Waals surface area contributed by atoms with Gasteiger partial charge < -0.3 is 19.7 Å². The number of rotatable bonds is 5. The number of ether oxygens (including phenoxy) is 2. The van der Waals surface area contributed by atoms with Crippen LogP contribution in [0.3, 0.4) is 0 Å². The summed E-state index contributed by atoms with van der Waals surface area (Å²) in [5.41, 5.74) is 0.742. The first-order valence-corrected chi connectivity index (χ1v) is 10.3. The van der Waals surface area contributed by atoms with E-state index >= 15 is 0 Å². The first-order valence-electron chi connectivity index (χ1n) is 6.85. The molecule has 9 nitrogen and oxygen atoms in total. The van der Waals surface area contributed by atoms with Crippen LogP contribution < -0.4 is 0 Å². The summed E-state index contributed by atoms with van der Waals surface area (Å²) in [6, 6.07) is 5.12. The summed E-state index contributed by atoms with van der Waals surface area (Å²) in [4.78, 5) is -0.478. The smallest absolute Gasteiger partial charge is 0.380 e. The molecule has 1 aliphatic rings. The van der Waals surface area contributed by atoms with E-state index in [1.807, 2.05) is 0 Å². The molecule has 1 heterocycles. The number of aliphatic hydroxyl groups is 2. The van der Waals surface area contributed by atoms with Crippen LogP contribution in [-0.4, -0.2) is 65.4 Å². The molecule has 1 aromatic rings. The van der Waals surface area contributed by atoms with Gasteiger partial charge in [0.25, 0.3) is 0 Å². The minimum Gasteiger partial charge on any atom is -0.388 e. The molecular weight excluding hydrogens is 364 g/mol. The summed E-state index contributed by atoms with van der Waals surface area (Å²) in [6.45, 7) is 1.39. The number of aryl methyl sites for hydroxylation is 1. The highest BCUT2D eigenvalue weighted by molar-refractivity contribution is 8.65. The molecule has 1 fully saturated rings. The van der Waals surface area contributed by atoms with E-state index in [-0.39, 0.29) is 6.61 Å². The summed E-state index contributed by atoms with van der Waals surface area (Å²) < 4.78 is 63.4. The van der Waals surface area contributed by atoms with Crippen LogP contribution in [0.15, 0.2) is 29.2 Å². The highest BCUT2D eigenvalue weighted by Crippen LogP contribution is 2.26. The lowest BCUT2D eigenvalue weighted by Crippen LogP contribution is -2.55. The van der Waals surface area contributed by atoms with Crippen molar-refractivity contribution in [2.24, 2.45) is 0 Å². The second kappa shape index (κ2) is 7.04. The molecule has 1 saturated heterocycles. The zero-order chi connectivity index (χ0) is 18.1. The molecule has 2 N–H and O–H groups in total. The molecule has 1 aliphatic heterocycles. The van der Waals surface area contributed by atoms with Gasteiger partial charge in [0.15, 0.2) is 12.4 Å². The maximum atomic E-state index is 12.3. The second-order valence-electron chi connectivity index (χ2n) is 5.23. The van der Waals surface area contributed by atoms with Gasteiger partial charge in [-0.2, -0.15) is 8.42 Å². The molecule has 1 aromatic carbocycles. The molecule has 0 bridgehead atoms. The third kappa shape index (κ3) is 3.61. The molecule has 24 heavy (non-hydrogen) atoms. The normalized spacial score (nSPS) is 28.7. The lowest BCUT2D eigenvalue weighted by Gasteiger charge is -2.36. The summed E-state index contributed by atoms with van der Waals surface area (Å²) in [5.74, 6) is 0. The molecule has 11 heteroatoms. The number of hydrogen-bond donors (Lipinski definition) is 2. The minimum absolute atomic E-state index is 0.315. The van der Waals surface area contributed by atoms with Crippen molar-refractivity contribution in [1.29, 1.82) is 0 Å². The third-order valence-electron chi connectivity index (χ3n) is 3.47. The van der Waals surface area contributed by atoms with Crippen LogP contribution in [0, 0.1) is 6.92 Å². The maximum Gasteiger partial charge on any atom is 0.380 e. The Morgan fingerprint density at radius 3 is 2.25 bits per heavy atom. The SMILES string of the molecule is CO[C@H]1OC[C@H](O)[C@H](O)[C@H]1OS(=O)(=O)S(=O)(=O)c1ccc(C)cc1. The van der Waals surface area contributed by atoms with Crippen LogP contribution in [-0.2, 0) is 31.7 Å². The van der Waals surface area contributed by atoms with Gasteiger partial charge in [0.05, 0.1) is 11.5 Å². The van der Waals surface area contributed by atoms with Crippen molar-refractivity contribution < 1.29 is 40.7 Å². The minimum atomic E-state index is -5.18.